The summed E-state index contributed by atoms with van der Waals surface area (Å²) in [5, 5.41) is 0. The number of ether oxygens (including phenoxy) is 12. The van der Waals surface area contributed by atoms with Gasteiger partial charge in [-0.15, -0.1) is 0 Å². The van der Waals surface area contributed by atoms with Gasteiger partial charge in [-0.3, -0.25) is 0 Å². The Bertz CT molecular complexity index is 1790. The maximum Gasteiger partial charge on any atom is 0.105 e. The van der Waals surface area contributed by atoms with E-state index in [0.717, 1.165) is 33.4 Å². The van der Waals surface area contributed by atoms with Gasteiger partial charge in [-0.05, 0) is 33.4 Å². The van der Waals surface area contributed by atoms with E-state index in [0.29, 0.717) is 39.6 Å². The van der Waals surface area contributed by atoms with Crippen molar-refractivity contribution in [1.29, 1.82) is 0 Å². The van der Waals surface area contributed by atoms with E-state index < -0.39 is 36.6 Å². The van der Waals surface area contributed by atoms with Gasteiger partial charge >= 0.3 is 0 Å². The molecule has 12 heteroatoms. The summed E-state index contributed by atoms with van der Waals surface area (Å²) < 4.78 is 77.2. The van der Waals surface area contributed by atoms with Gasteiger partial charge in [0.15, 0.2) is 0 Å². The first-order valence-electron chi connectivity index (χ1n) is 25.1. The van der Waals surface area contributed by atoms with E-state index in [2.05, 4.69) is 0 Å². The standard InChI is InChI=1S/C60H72O12/c1-7-19-49(20-8-1)31-67-55-37-61-39-56(68-32-50-21-9-2-10-22-50)41-63-43-58(70-34-52-25-13-4-14-26-52)45-65-47-60(72-36-54-29-17-6-18-30-54)48-66-46-59(71-35-53-27-15-5-16-28-53)44-64-42-57(40-62-38-55)69-33-51-23-11-3-12-24-51/h1-30,55-60H,31-48H2. The fourth-order valence-electron chi connectivity index (χ4n) is 7.58. The van der Waals surface area contributed by atoms with E-state index in [4.69, 9.17) is 56.8 Å². The fraction of sp³-hybridized carbons (Fsp3) is 0.400. The van der Waals surface area contributed by atoms with Crippen molar-refractivity contribution in [2.75, 3.05) is 79.3 Å². The van der Waals surface area contributed by atoms with Crippen LogP contribution in [0.25, 0.3) is 0 Å². The summed E-state index contributed by atoms with van der Waals surface area (Å²) in [7, 11) is 0. The molecule has 72 heavy (non-hydrogen) atoms. The number of rotatable bonds is 18. The molecule has 0 atom stereocenters. The van der Waals surface area contributed by atoms with Gasteiger partial charge in [0.05, 0.1) is 119 Å². The summed E-state index contributed by atoms with van der Waals surface area (Å²) in [6.07, 6.45) is -2.40. The smallest absolute Gasteiger partial charge is 0.105 e. The second-order valence-electron chi connectivity index (χ2n) is 17.7. The van der Waals surface area contributed by atoms with E-state index in [1.165, 1.54) is 0 Å². The molecular weight excluding hydrogens is 913 g/mol. The molecule has 1 aliphatic heterocycles. The molecule has 0 saturated carbocycles. The highest BCUT2D eigenvalue weighted by Crippen LogP contribution is 2.14. The molecule has 384 valence electrons. The highest BCUT2D eigenvalue weighted by atomic mass is 16.6. The van der Waals surface area contributed by atoms with Crippen molar-refractivity contribution in [1.82, 2.24) is 0 Å². The summed E-state index contributed by atoms with van der Waals surface area (Å²) in [4.78, 5) is 0. The fourth-order valence-corrected chi connectivity index (χ4v) is 7.58. The second-order valence-corrected chi connectivity index (χ2v) is 17.7. The van der Waals surface area contributed by atoms with Gasteiger partial charge in [-0.1, -0.05) is 182 Å². The molecule has 1 saturated heterocycles. The van der Waals surface area contributed by atoms with E-state index in [-0.39, 0.29) is 79.3 Å². The summed E-state index contributed by atoms with van der Waals surface area (Å²) >= 11 is 0. The number of benzene rings is 6. The first-order chi connectivity index (χ1) is 35.7. The molecule has 0 radical (unpaired) electrons. The first kappa shape index (κ1) is 54.6. The summed E-state index contributed by atoms with van der Waals surface area (Å²) in [6, 6.07) is 60.5. The average molecular weight is 985 g/mol. The molecule has 0 amide bonds. The van der Waals surface area contributed by atoms with Crippen molar-refractivity contribution in [3.8, 4) is 0 Å². The van der Waals surface area contributed by atoms with Gasteiger partial charge in [0.1, 0.15) is 36.6 Å². The van der Waals surface area contributed by atoms with Crippen LogP contribution in [0.1, 0.15) is 33.4 Å². The van der Waals surface area contributed by atoms with Crippen molar-refractivity contribution in [3.63, 3.8) is 0 Å². The van der Waals surface area contributed by atoms with Gasteiger partial charge in [-0.25, -0.2) is 0 Å². The predicted octanol–water partition coefficient (Wildman–Crippen LogP) is 9.61. The van der Waals surface area contributed by atoms with Crippen LogP contribution in [0.5, 0.6) is 0 Å². The number of hydrogen-bond donors (Lipinski definition) is 0. The van der Waals surface area contributed by atoms with Crippen LogP contribution in [0.3, 0.4) is 0 Å². The SMILES string of the molecule is c1ccc(COC2COCC(OCc3ccccc3)COCC(OCc3ccccc3)COCC(OCc3ccccc3)COCC(OCc3ccccc3)COCC(OCc3ccccc3)COC2)cc1. The van der Waals surface area contributed by atoms with Crippen molar-refractivity contribution in [2.24, 2.45) is 0 Å². The molecule has 1 fully saturated rings. The third-order valence-corrected chi connectivity index (χ3v) is 11.6. The highest BCUT2D eigenvalue weighted by molar-refractivity contribution is 5.17. The molecule has 1 heterocycles. The zero-order valence-electron chi connectivity index (χ0n) is 41.4. The van der Waals surface area contributed by atoms with Crippen LogP contribution in [0.15, 0.2) is 182 Å². The van der Waals surface area contributed by atoms with Crippen LogP contribution in [0.4, 0.5) is 0 Å². The minimum atomic E-state index is -0.400. The minimum Gasteiger partial charge on any atom is -0.376 e. The van der Waals surface area contributed by atoms with Crippen LogP contribution in [0, 0.1) is 0 Å². The van der Waals surface area contributed by atoms with Crippen molar-refractivity contribution < 1.29 is 56.8 Å². The normalized spacial score (nSPS) is 21.8. The van der Waals surface area contributed by atoms with E-state index >= 15 is 0 Å². The van der Waals surface area contributed by atoms with Crippen LogP contribution < -0.4 is 0 Å². The Labute approximate surface area is 426 Å². The Morgan fingerprint density at radius 1 is 0.208 bits per heavy atom. The van der Waals surface area contributed by atoms with Crippen LogP contribution in [-0.2, 0) is 96.5 Å². The molecule has 0 N–H and O–H groups in total. The van der Waals surface area contributed by atoms with Crippen molar-refractivity contribution >= 4 is 0 Å². The molecule has 0 spiro atoms. The Balaban J connectivity index is 1.08. The maximum absolute atomic E-state index is 6.45. The Morgan fingerprint density at radius 3 is 0.458 bits per heavy atom. The molecule has 0 unspecified atom stereocenters. The lowest BCUT2D eigenvalue weighted by atomic mass is 10.2. The quantitative estimate of drug-likeness (QED) is 0.0818. The van der Waals surface area contributed by atoms with Crippen LogP contribution >= 0.6 is 0 Å². The molecule has 6 aromatic rings. The molecule has 1 aliphatic rings. The number of hydrogen-bond acceptors (Lipinski definition) is 12. The third kappa shape index (κ3) is 22.3. The largest absolute Gasteiger partial charge is 0.376 e. The maximum atomic E-state index is 6.45. The molecule has 0 bridgehead atoms. The van der Waals surface area contributed by atoms with Crippen molar-refractivity contribution in [3.05, 3.63) is 215 Å². The summed E-state index contributed by atoms with van der Waals surface area (Å²) in [6.45, 7) is 5.47. The topological polar surface area (TPSA) is 111 Å². The third-order valence-electron chi connectivity index (χ3n) is 11.6. The average Bonchev–Trinajstić information content (AvgIpc) is 3.43. The van der Waals surface area contributed by atoms with Gasteiger partial charge in [-0.2, -0.15) is 0 Å². The van der Waals surface area contributed by atoms with E-state index in [9.17, 15) is 0 Å². The minimum absolute atomic E-state index is 0.259. The Hall–Kier alpha value is -5.16. The van der Waals surface area contributed by atoms with Crippen molar-refractivity contribution in [2.45, 2.75) is 76.3 Å². The van der Waals surface area contributed by atoms with E-state index in [1.54, 1.807) is 0 Å². The Kier molecular flexibility index (Phi) is 25.4. The van der Waals surface area contributed by atoms with Gasteiger partial charge in [0.25, 0.3) is 0 Å². The highest BCUT2D eigenvalue weighted by Gasteiger charge is 2.22. The predicted molar refractivity (Wildman–Crippen MR) is 275 cm³/mol. The lowest BCUT2D eigenvalue weighted by Crippen LogP contribution is -2.35. The van der Waals surface area contributed by atoms with Crippen LogP contribution in [-0.4, -0.2) is 116 Å². The lowest BCUT2D eigenvalue weighted by Gasteiger charge is -2.25. The summed E-state index contributed by atoms with van der Waals surface area (Å²) in [5.74, 6) is 0. The molecule has 0 aliphatic carbocycles. The monoisotopic (exact) mass is 985 g/mol. The second kappa shape index (κ2) is 33.5. The lowest BCUT2D eigenvalue weighted by molar-refractivity contribution is -0.135. The Morgan fingerprint density at radius 2 is 0.333 bits per heavy atom. The molecule has 6 aromatic carbocycles. The van der Waals surface area contributed by atoms with E-state index in [1.807, 2.05) is 182 Å². The summed E-state index contributed by atoms with van der Waals surface area (Å²) in [5.41, 5.74) is 6.30. The zero-order chi connectivity index (χ0) is 49.4. The van der Waals surface area contributed by atoms with Gasteiger partial charge in [0.2, 0.25) is 0 Å². The molecular formula is C60H72O12. The van der Waals surface area contributed by atoms with Gasteiger partial charge in [0, 0.05) is 0 Å². The molecule has 0 aromatic heterocycles. The zero-order valence-corrected chi connectivity index (χ0v) is 41.4. The first-order valence-corrected chi connectivity index (χ1v) is 25.1. The molecule has 12 nitrogen and oxygen atoms in total. The molecule has 7 rings (SSSR count). The van der Waals surface area contributed by atoms with Gasteiger partial charge < -0.3 is 56.8 Å². The van der Waals surface area contributed by atoms with Crippen LogP contribution in [0.2, 0.25) is 0 Å².